The largest absolute Gasteiger partial charge is 0.392 e. The molecule has 0 aromatic carbocycles. The first-order valence-electron chi connectivity index (χ1n) is 6.80. The SMILES string of the molecule is CC[C@@H]1CN(CCCOC)CCN1C[C@H](C)O. The fourth-order valence-electron chi connectivity index (χ4n) is 2.56. The van der Waals surface area contributed by atoms with Crippen molar-refractivity contribution in [1.29, 1.82) is 0 Å². The van der Waals surface area contributed by atoms with Crippen molar-refractivity contribution in [1.82, 2.24) is 9.80 Å². The molecule has 1 N–H and O–H groups in total. The summed E-state index contributed by atoms with van der Waals surface area (Å²) in [6.07, 6.45) is 2.06. The number of nitrogens with zero attached hydrogens (tertiary/aromatic N) is 2. The molecule has 17 heavy (non-hydrogen) atoms. The highest BCUT2D eigenvalue weighted by atomic mass is 16.5. The lowest BCUT2D eigenvalue weighted by Gasteiger charge is -2.41. The maximum atomic E-state index is 9.49. The molecule has 2 atom stereocenters. The van der Waals surface area contributed by atoms with E-state index >= 15 is 0 Å². The van der Waals surface area contributed by atoms with Gasteiger partial charge < -0.3 is 14.7 Å². The molecule has 1 saturated heterocycles. The molecule has 0 amide bonds. The molecule has 0 aliphatic carbocycles. The Balaban J connectivity index is 2.32. The van der Waals surface area contributed by atoms with Crippen molar-refractivity contribution in [2.45, 2.75) is 38.8 Å². The van der Waals surface area contributed by atoms with Gasteiger partial charge in [-0.05, 0) is 19.8 Å². The highest BCUT2D eigenvalue weighted by Gasteiger charge is 2.25. The molecule has 1 heterocycles. The molecule has 0 radical (unpaired) electrons. The van der Waals surface area contributed by atoms with Crippen LogP contribution in [-0.2, 0) is 4.74 Å². The van der Waals surface area contributed by atoms with Gasteiger partial charge in [-0.3, -0.25) is 4.90 Å². The number of hydrogen-bond donors (Lipinski definition) is 1. The van der Waals surface area contributed by atoms with E-state index in [4.69, 9.17) is 4.74 Å². The Kier molecular flexibility index (Phi) is 7.04. The third-order valence-electron chi connectivity index (χ3n) is 3.48. The van der Waals surface area contributed by atoms with Crippen LogP contribution in [0, 0.1) is 0 Å². The van der Waals surface area contributed by atoms with Gasteiger partial charge in [-0.15, -0.1) is 0 Å². The number of aliphatic hydroxyl groups is 1. The first-order valence-corrected chi connectivity index (χ1v) is 6.80. The van der Waals surface area contributed by atoms with Crippen LogP contribution in [0.1, 0.15) is 26.7 Å². The number of β-amino-alcohol motifs (C(OH)–C–C–N with tert-alkyl or cyclic N) is 1. The van der Waals surface area contributed by atoms with Gasteiger partial charge in [-0.25, -0.2) is 0 Å². The van der Waals surface area contributed by atoms with Gasteiger partial charge >= 0.3 is 0 Å². The topological polar surface area (TPSA) is 35.9 Å². The van der Waals surface area contributed by atoms with Crippen LogP contribution < -0.4 is 0 Å². The number of ether oxygens (including phenoxy) is 1. The molecule has 0 spiro atoms. The van der Waals surface area contributed by atoms with Crippen molar-refractivity contribution in [3.8, 4) is 0 Å². The molecule has 4 heteroatoms. The van der Waals surface area contributed by atoms with E-state index < -0.39 is 0 Å². The van der Waals surface area contributed by atoms with Gasteiger partial charge in [-0.2, -0.15) is 0 Å². The normalized spacial score (nSPS) is 25.1. The second-order valence-electron chi connectivity index (χ2n) is 5.05. The molecular weight excluding hydrogens is 216 g/mol. The Morgan fingerprint density at radius 1 is 1.41 bits per heavy atom. The predicted molar refractivity (Wildman–Crippen MR) is 70.3 cm³/mol. The lowest BCUT2D eigenvalue weighted by Crippen LogP contribution is -2.54. The van der Waals surface area contributed by atoms with Crippen molar-refractivity contribution in [3.63, 3.8) is 0 Å². The molecule has 4 nitrogen and oxygen atoms in total. The van der Waals surface area contributed by atoms with Gasteiger partial charge in [0.1, 0.15) is 0 Å². The van der Waals surface area contributed by atoms with Crippen molar-refractivity contribution < 1.29 is 9.84 Å². The first-order chi connectivity index (χ1) is 8.17. The summed E-state index contributed by atoms with van der Waals surface area (Å²) in [4.78, 5) is 4.95. The van der Waals surface area contributed by atoms with Gasteiger partial charge in [0.2, 0.25) is 0 Å². The standard InChI is InChI=1S/C13H28N2O2/c1-4-13-11-14(6-5-9-17-3)7-8-15(13)10-12(2)16/h12-13,16H,4-11H2,1-3H3/t12-,13+/m0/s1. The molecule has 102 valence electrons. The molecular formula is C13H28N2O2. The van der Waals surface area contributed by atoms with Gasteiger partial charge in [0, 0.05) is 52.5 Å². The monoisotopic (exact) mass is 244 g/mol. The van der Waals surface area contributed by atoms with Crippen LogP contribution in [0.25, 0.3) is 0 Å². The van der Waals surface area contributed by atoms with Crippen LogP contribution in [-0.4, -0.2) is 73.5 Å². The number of aliphatic hydroxyl groups excluding tert-OH is 1. The maximum absolute atomic E-state index is 9.49. The van der Waals surface area contributed by atoms with Crippen LogP contribution in [0.4, 0.5) is 0 Å². The van der Waals surface area contributed by atoms with Crippen molar-refractivity contribution in [2.75, 3.05) is 46.4 Å². The summed E-state index contributed by atoms with van der Waals surface area (Å²) in [6.45, 7) is 10.2. The average molecular weight is 244 g/mol. The van der Waals surface area contributed by atoms with E-state index in [1.807, 2.05) is 6.92 Å². The zero-order chi connectivity index (χ0) is 12.7. The second kappa shape index (κ2) is 8.03. The number of rotatable bonds is 7. The molecule has 0 bridgehead atoms. The minimum absolute atomic E-state index is 0.218. The van der Waals surface area contributed by atoms with E-state index in [1.165, 1.54) is 0 Å². The Bertz CT molecular complexity index is 200. The number of piperazine rings is 1. The fraction of sp³-hybridized carbons (Fsp3) is 1.00. The summed E-state index contributed by atoms with van der Waals surface area (Å²) in [5.74, 6) is 0. The Labute approximate surface area is 106 Å². The third kappa shape index (κ3) is 5.34. The van der Waals surface area contributed by atoms with E-state index in [0.717, 1.165) is 52.2 Å². The Hall–Kier alpha value is -0.160. The first kappa shape index (κ1) is 14.9. The third-order valence-corrected chi connectivity index (χ3v) is 3.48. The highest BCUT2D eigenvalue weighted by molar-refractivity contribution is 4.82. The van der Waals surface area contributed by atoms with E-state index in [-0.39, 0.29) is 6.10 Å². The van der Waals surface area contributed by atoms with Crippen LogP contribution in [0.15, 0.2) is 0 Å². The molecule has 0 saturated carbocycles. The van der Waals surface area contributed by atoms with Crippen LogP contribution in [0.2, 0.25) is 0 Å². The minimum Gasteiger partial charge on any atom is -0.392 e. The lowest BCUT2D eigenvalue weighted by molar-refractivity contribution is 0.0337. The Morgan fingerprint density at radius 3 is 2.76 bits per heavy atom. The Morgan fingerprint density at radius 2 is 2.18 bits per heavy atom. The van der Waals surface area contributed by atoms with Crippen LogP contribution in [0.5, 0.6) is 0 Å². The molecule has 0 aromatic heterocycles. The average Bonchev–Trinajstić information content (AvgIpc) is 2.30. The quantitative estimate of drug-likeness (QED) is 0.672. The fourth-order valence-corrected chi connectivity index (χ4v) is 2.56. The van der Waals surface area contributed by atoms with E-state index in [2.05, 4.69) is 16.7 Å². The van der Waals surface area contributed by atoms with Crippen LogP contribution in [0.3, 0.4) is 0 Å². The van der Waals surface area contributed by atoms with Crippen molar-refractivity contribution in [2.24, 2.45) is 0 Å². The zero-order valence-corrected chi connectivity index (χ0v) is 11.6. The molecule has 1 rings (SSSR count). The zero-order valence-electron chi connectivity index (χ0n) is 11.6. The summed E-state index contributed by atoms with van der Waals surface area (Å²) in [6, 6.07) is 0.598. The van der Waals surface area contributed by atoms with Gasteiger partial charge in [0.05, 0.1) is 6.10 Å². The number of methoxy groups -OCH3 is 1. The summed E-state index contributed by atoms with van der Waals surface area (Å²) in [5.41, 5.74) is 0. The maximum Gasteiger partial charge on any atom is 0.0639 e. The smallest absolute Gasteiger partial charge is 0.0639 e. The molecule has 1 aliphatic heterocycles. The van der Waals surface area contributed by atoms with Gasteiger partial charge in [0.25, 0.3) is 0 Å². The highest BCUT2D eigenvalue weighted by Crippen LogP contribution is 2.13. The summed E-state index contributed by atoms with van der Waals surface area (Å²) < 4.78 is 5.09. The summed E-state index contributed by atoms with van der Waals surface area (Å²) in [7, 11) is 1.76. The van der Waals surface area contributed by atoms with Gasteiger partial charge in [0.15, 0.2) is 0 Å². The van der Waals surface area contributed by atoms with Crippen LogP contribution >= 0.6 is 0 Å². The predicted octanol–water partition coefficient (Wildman–Crippen LogP) is 0.800. The summed E-state index contributed by atoms with van der Waals surface area (Å²) in [5, 5.41) is 9.49. The van der Waals surface area contributed by atoms with E-state index in [0.29, 0.717) is 6.04 Å². The molecule has 1 fully saturated rings. The van der Waals surface area contributed by atoms with Gasteiger partial charge in [-0.1, -0.05) is 6.92 Å². The van der Waals surface area contributed by atoms with Crippen molar-refractivity contribution in [3.05, 3.63) is 0 Å². The lowest BCUT2D eigenvalue weighted by atomic mass is 10.1. The van der Waals surface area contributed by atoms with E-state index in [1.54, 1.807) is 7.11 Å². The molecule has 0 unspecified atom stereocenters. The van der Waals surface area contributed by atoms with Crippen molar-refractivity contribution >= 4 is 0 Å². The number of hydrogen-bond acceptors (Lipinski definition) is 4. The minimum atomic E-state index is -0.218. The molecule has 0 aromatic rings. The molecule has 1 aliphatic rings. The second-order valence-corrected chi connectivity index (χ2v) is 5.05. The summed E-state index contributed by atoms with van der Waals surface area (Å²) >= 11 is 0. The van der Waals surface area contributed by atoms with E-state index in [9.17, 15) is 5.11 Å².